The number of fused-ring (bicyclic) bond motifs is 1. The van der Waals surface area contributed by atoms with Crippen molar-refractivity contribution >= 4 is 39.9 Å². The lowest BCUT2D eigenvalue weighted by atomic mass is 10.1. The summed E-state index contributed by atoms with van der Waals surface area (Å²) in [5, 5.41) is 4.50. The SMILES string of the molecule is CCOC(=O)c1csc(NC(=O)C2CC(=O)N(c3ccc4c(c3)OCCO4)C2)n1. The normalized spacial score (nSPS) is 17.9. The number of nitrogens with one attached hydrogen (secondary N) is 1. The van der Waals surface area contributed by atoms with Crippen molar-refractivity contribution in [3.05, 3.63) is 29.3 Å². The van der Waals surface area contributed by atoms with Crippen LogP contribution >= 0.6 is 11.3 Å². The molecular formula is C19H19N3O6S. The third-order valence-corrected chi connectivity index (χ3v) is 5.31. The minimum Gasteiger partial charge on any atom is -0.486 e. The summed E-state index contributed by atoms with van der Waals surface area (Å²) in [6.45, 7) is 3.15. The number of hydrogen-bond acceptors (Lipinski definition) is 8. The number of anilines is 2. The number of thiazole rings is 1. The van der Waals surface area contributed by atoms with Gasteiger partial charge in [-0.05, 0) is 19.1 Å². The molecule has 9 nitrogen and oxygen atoms in total. The monoisotopic (exact) mass is 417 g/mol. The smallest absolute Gasteiger partial charge is 0.357 e. The Hall–Kier alpha value is -3.14. The van der Waals surface area contributed by atoms with Gasteiger partial charge in [-0.2, -0.15) is 0 Å². The highest BCUT2D eigenvalue weighted by atomic mass is 32.1. The van der Waals surface area contributed by atoms with Crippen molar-refractivity contribution in [2.75, 3.05) is 36.6 Å². The average Bonchev–Trinajstić information content (AvgIpc) is 3.34. The Morgan fingerprint density at radius 3 is 2.90 bits per heavy atom. The molecule has 152 valence electrons. The van der Waals surface area contributed by atoms with Crippen molar-refractivity contribution < 1.29 is 28.6 Å². The number of carbonyl (C=O) groups is 3. The summed E-state index contributed by atoms with van der Waals surface area (Å²) in [6.07, 6.45) is 0.0936. The second-order valence-electron chi connectivity index (χ2n) is 6.48. The van der Waals surface area contributed by atoms with Gasteiger partial charge in [0.1, 0.15) is 13.2 Å². The maximum absolute atomic E-state index is 12.6. The van der Waals surface area contributed by atoms with E-state index in [9.17, 15) is 14.4 Å². The molecule has 4 rings (SSSR count). The van der Waals surface area contributed by atoms with Gasteiger partial charge >= 0.3 is 5.97 Å². The number of aromatic nitrogens is 1. The van der Waals surface area contributed by atoms with Gasteiger partial charge in [-0.3, -0.25) is 9.59 Å². The zero-order valence-electron chi connectivity index (χ0n) is 15.7. The first-order chi connectivity index (χ1) is 14.0. The summed E-state index contributed by atoms with van der Waals surface area (Å²) in [5.41, 5.74) is 0.806. The molecule has 1 atom stereocenters. The highest BCUT2D eigenvalue weighted by molar-refractivity contribution is 7.14. The quantitative estimate of drug-likeness (QED) is 0.742. The van der Waals surface area contributed by atoms with Crippen molar-refractivity contribution in [1.29, 1.82) is 0 Å². The van der Waals surface area contributed by atoms with Crippen LogP contribution in [0, 0.1) is 5.92 Å². The molecule has 0 bridgehead atoms. The van der Waals surface area contributed by atoms with Crippen LogP contribution in [-0.4, -0.2) is 49.1 Å². The van der Waals surface area contributed by atoms with Gasteiger partial charge in [0.2, 0.25) is 11.8 Å². The Balaban J connectivity index is 1.41. The van der Waals surface area contributed by atoms with Crippen molar-refractivity contribution in [2.24, 2.45) is 5.92 Å². The second-order valence-corrected chi connectivity index (χ2v) is 7.34. The van der Waals surface area contributed by atoms with E-state index in [0.717, 1.165) is 11.3 Å². The standard InChI is InChI=1S/C19H19N3O6S/c1-2-26-18(25)13-10-29-19(20-13)21-17(24)11-7-16(23)22(9-11)12-3-4-14-15(8-12)28-6-5-27-14/h3-4,8,10-11H,2,5-7,9H2,1H3,(H,20,21,24). The minimum absolute atomic E-state index is 0.0936. The summed E-state index contributed by atoms with van der Waals surface area (Å²) in [5.74, 6) is -0.294. The van der Waals surface area contributed by atoms with Crippen molar-refractivity contribution in [2.45, 2.75) is 13.3 Å². The van der Waals surface area contributed by atoms with Gasteiger partial charge in [0, 0.05) is 30.1 Å². The van der Waals surface area contributed by atoms with E-state index in [4.69, 9.17) is 14.2 Å². The summed E-state index contributed by atoms with van der Waals surface area (Å²) in [6, 6.07) is 5.29. The van der Waals surface area contributed by atoms with E-state index in [2.05, 4.69) is 10.3 Å². The van der Waals surface area contributed by atoms with E-state index in [1.165, 1.54) is 5.38 Å². The number of nitrogens with zero attached hydrogens (tertiary/aromatic N) is 2. The number of esters is 1. The van der Waals surface area contributed by atoms with Gasteiger partial charge in [0.15, 0.2) is 22.3 Å². The molecule has 1 fully saturated rings. The van der Waals surface area contributed by atoms with Crippen LogP contribution in [0.15, 0.2) is 23.6 Å². The third-order valence-electron chi connectivity index (χ3n) is 4.55. The molecule has 1 aromatic carbocycles. The van der Waals surface area contributed by atoms with Gasteiger partial charge in [0.25, 0.3) is 0 Å². The van der Waals surface area contributed by atoms with Gasteiger partial charge in [-0.15, -0.1) is 11.3 Å². The lowest BCUT2D eigenvalue weighted by Crippen LogP contribution is -2.28. The second kappa shape index (κ2) is 8.08. The fourth-order valence-corrected chi connectivity index (χ4v) is 3.85. The molecule has 0 aliphatic carbocycles. The van der Waals surface area contributed by atoms with Crippen LogP contribution in [-0.2, 0) is 14.3 Å². The van der Waals surface area contributed by atoms with Gasteiger partial charge in [-0.1, -0.05) is 0 Å². The van der Waals surface area contributed by atoms with Crippen molar-refractivity contribution in [1.82, 2.24) is 4.98 Å². The minimum atomic E-state index is -0.537. The molecule has 1 unspecified atom stereocenters. The molecular weight excluding hydrogens is 398 g/mol. The molecule has 2 aliphatic rings. The summed E-state index contributed by atoms with van der Waals surface area (Å²) in [7, 11) is 0. The van der Waals surface area contributed by atoms with Crippen LogP contribution in [0.4, 0.5) is 10.8 Å². The number of ether oxygens (including phenoxy) is 3. The molecule has 2 aliphatic heterocycles. The Labute approximate surface area is 170 Å². The molecule has 0 radical (unpaired) electrons. The molecule has 2 amide bonds. The van der Waals surface area contributed by atoms with Crippen LogP contribution < -0.4 is 19.7 Å². The number of benzene rings is 1. The van der Waals surface area contributed by atoms with E-state index in [-0.39, 0.29) is 37.1 Å². The number of rotatable bonds is 5. The maximum Gasteiger partial charge on any atom is 0.357 e. The van der Waals surface area contributed by atoms with Gasteiger partial charge in [-0.25, -0.2) is 9.78 Å². The summed E-state index contributed by atoms with van der Waals surface area (Å²) >= 11 is 1.13. The molecule has 2 aromatic rings. The van der Waals surface area contributed by atoms with Crippen LogP contribution in [0.25, 0.3) is 0 Å². The predicted molar refractivity (Wildman–Crippen MR) is 105 cm³/mol. The van der Waals surface area contributed by atoms with E-state index < -0.39 is 11.9 Å². The zero-order valence-corrected chi connectivity index (χ0v) is 16.5. The Kier molecular flexibility index (Phi) is 5.34. The Morgan fingerprint density at radius 2 is 2.10 bits per heavy atom. The molecule has 29 heavy (non-hydrogen) atoms. The first kappa shape index (κ1) is 19.2. The first-order valence-corrected chi connectivity index (χ1v) is 10.1. The molecule has 10 heteroatoms. The first-order valence-electron chi connectivity index (χ1n) is 9.18. The molecule has 0 spiro atoms. The predicted octanol–water partition coefficient (Wildman–Crippen LogP) is 2.08. The van der Waals surface area contributed by atoms with E-state index >= 15 is 0 Å². The van der Waals surface area contributed by atoms with Crippen LogP contribution in [0.3, 0.4) is 0 Å². The van der Waals surface area contributed by atoms with Crippen LogP contribution in [0.1, 0.15) is 23.8 Å². The highest BCUT2D eigenvalue weighted by Gasteiger charge is 2.36. The highest BCUT2D eigenvalue weighted by Crippen LogP contribution is 2.36. The van der Waals surface area contributed by atoms with E-state index in [0.29, 0.717) is 35.5 Å². The number of hydrogen-bond donors (Lipinski definition) is 1. The van der Waals surface area contributed by atoms with E-state index in [1.54, 1.807) is 30.0 Å². The Morgan fingerprint density at radius 1 is 1.31 bits per heavy atom. The van der Waals surface area contributed by atoms with E-state index in [1.807, 2.05) is 0 Å². The molecule has 1 saturated heterocycles. The van der Waals surface area contributed by atoms with Gasteiger partial charge < -0.3 is 24.4 Å². The molecule has 1 aromatic heterocycles. The lowest BCUT2D eigenvalue weighted by Gasteiger charge is -2.22. The molecule has 1 N–H and O–H groups in total. The van der Waals surface area contributed by atoms with Crippen molar-refractivity contribution in [3.8, 4) is 11.5 Å². The zero-order chi connectivity index (χ0) is 20.4. The maximum atomic E-state index is 12.6. The number of amides is 2. The summed E-state index contributed by atoms with van der Waals surface area (Å²) in [4.78, 5) is 42.4. The van der Waals surface area contributed by atoms with Gasteiger partial charge in [0.05, 0.1) is 12.5 Å². The largest absolute Gasteiger partial charge is 0.486 e. The summed E-state index contributed by atoms with van der Waals surface area (Å²) < 4.78 is 15.9. The molecule has 0 saturated carbocycles. The van der Waals surface area contributed by atoms with Crippen LogP contribution in [0.5, 0.6) is 11.5 Å². The topological polar surface area (TPSA) is 107 Å². The Bertz CT molecular complexity index is 959. The third kappa shape index (κ3) is 4.02. The molecule has 3 heterocycles. The average molecular weight is 417 g/mol. The van der Waals surface area contributed by atoms with Crippen LogP contribution in [0.2, 0.25) is 0 Å². The fraction of sp³-hybridized carbons (Fsp3) is 0.368. The van der Waals surface area contributed by atoms with Crippen molar-refractivity contribution in [3.63, 3.8) is 0 Å². The fourth-order valence-electron chi connectivity index (χ4n) is 3.17. The lowest BCUT2D eigenvalue weighted by molar-refractivity contribution is -0.122. The number of carbonyl (C=O) groups excluding carboxylic acids is 3.